The number of hydrogen-bond donors (Lipinski definition) is 2. The normalized spacial score (nSPS) is 11.6. The maximum Gasteiger partial charge on any atom is 0.416 e. The smallest absolute Gasteiger partial charge is 0.383 e. The molecule has 0 spiro atoms. The molecule has 0 aliphatic carbocycles. The highest BCUT2D eigenvalue weighted by Gasteiger charge is 2.30. The van der Waals surface area contributed by atoms with E-state index in [-0.39, 0.29) is 6.04 Å². The van der Waals surface area contributed by atoms with Crippen LogP contribution in [0, 0.1) is 11.8 Å². The molecule has 0 atom stereocenters. The third-order valence-corrected chi connectivity index (χ3v) is 5.71. The van der Waals surface area contributed by atoms with E-state index in [1.165, 1.54) is 12.4 Å². The number of hydrogen-bond acceptors (Lipinski definition) is 5. The van der Waals surface area contributed by atoms with Crippen LogP contribution in [-0.2, 0) is 6.18 Å². The number of nitrogens with one attached hydrogen (secondary N) is 1. The van der Waals surface area contributed by atoms with E-state index in [1.807, 2.05) is 50.2 Å². The Morgan fingerprint density at radius 2 is 1.69 bits per heavy atom. The van der Waals surface area contributed by atoms with Gasteiger partial charge in [0.2, 0.25) is 0 Å². The molecule has 0 bridgehead atoms. The molecule has 0 saturated heterocycles. The molecule has 180 valence electrons. The van der Waals surface area contributed by atoms with Gasteiger partial charge in [0.05, 0.1) is 10.9 Å². The largest absolute Gasteiger partial charge is 0.416 e. The number of aromatic nitrogens is 4. The number of fused-ring (bicyclic) bond motifs is 2. The fraction of sp³-hybridized carbons (Fsp3) is 0.148. The summed E-state index contributed by atoms with van der Waals surface area (Å²) >= 11 is 0. The zero-order chi connectivity index (χ0) is 25.4. The molecule has 3 aromatic carbocycles. The molecule has 0 aliphatic heterocycles. The van der Waals surface area contributed by atoms with Gasteiger partial charge in [0.25, 0.3) is 0 Å². The standard InChI is InChI=1S/C27H21F3N6/c1-16(2)36-26-24(25(31)32-15-33-26)23(35-36)13-12-17-6-3-10-21-20(17)9-5-11-22(21)34-19-8-4-7-18(14-19)27(28,29)30/h3-11,14-16,34H,1-2H3,(H2,31,32,33). The van der Waals surface area contributed by atoms with Crippen LogP contribution in [0.4, 0.5) is 30.4 Å². The van der Waals surface area contributed by atoms with Crippen molar-refractivity contribution in [3.63, 3.8) is 0 Å². The number of rotatable bonds is 3. The number of benzene rings is 3. The van der Waals surface area contributed by atoms with E-state index in [2.05, 4.69) is 32.2 Å². The minimum absolute atomic E-state index is 0.0550. The Kier molecular flexibility index (Phi) is 5.72. The first-order valence-electron chi connectivity index (χ1n) is 11.2. The lowest BCUT2D eigenvalue weighted by Gasteiger charge is -2.13. The fourth-order valence-electron chi connectivity index (χ4n) is 4.03. The van der Waals surface area contributed by atoms with Gasteiger partial charge >= 0.3 is 6.18 Å². The maximum atomic E-state index is 13.1. The minimum Gasteiger partial charge on any atom is -0.383 e. The van der Waals surface area contributed by atoms with Gasteiger partial charge in [-0.3, -0.25) is 0 Å². The van der Waals surface area contributed by atoms with Crippen molar-refractivity contribution in [1.82, 2.24) is 19.7 Å². The van der Waals surface area contributed by atoms with Gasteiger partial charge in [0, 0.05) is 28.4 Å². The SMILES string of the molecule is CC(C)n1nc(C#Cc2cccc3c(Nc4cccc(C(F)(F)F)c4)cccc23)c2c(N)ncnc21. The Hall–Kier alpha value is -4.58. The second-order valence-electron chi connectivity index (χ2n) is 8.50. The van der Waals surface area contributed by atoms with Crippen LogP contribution in [0.25, 0.3) is 21.8 Å². The van der Waals surface area contributed by atoms with Gasteiger partial charge in [-0.15, -0.1) is 0 Å². The molecule has 5 aromatic rings. The summed E-state index contributed by atoms with van der Waals surface area (Å²) in [7, 11) is 0. The average molecular weight is 487 g/mol. The van der Waals surface area contributed by atoms with Crippen LogP contribution in [0.3, 0.4) is 0 Å². The number of alkyl halides is 3. The molecule has 0 fully saturated rings. The van der Waals surface area contributed by atoms with E-state index in [9.17, 15) is 13.2 Å². The summed E-state index contributed by atoms with van der Waals surface area (Å²) in [4.78, 5) is 8.41. The second-order valence-corrected chi connectivity index (χ2v) is 8.50. The predicted molar refractivity (Wildman–Crippen MR) is 135 cm³/mol. The molecule has 3 N–H and O–H groups in total. The predicted octanol–water partition coefficient (Wildman–Crippen LogP) is 6.30. The van der Waals surface area contributed by atoms with Crippen LogP contribution in [0.1, 0.15) is 36.7 Å². The van der Waals surface area contributed by atoms with Crippen LogP contribution in [-0.4, -0.2) is 19.7 Å². The van der Waals surface area contributed by atoms with Crippen molar-refractivity contribution in [3.05, 3.63) is 83.8 Å². The summed E-state index contributed by atoms with van der Waals surface area (Å²) in [5, 5.41) is 9.98. The molecule has 0 radical (unpaired) electrons. The number of anilines is 3. The first kappa shape index (κ1) is 23.2. The molecule has 0 amide bonds. The first-order valence-corrected chi connectivity index (χ1v) is 11.2. The topological polar surface area (TPSA) is 81.7 Å². The van der Waals surface area contributed by atoms with Crippen molar-refractivity contribution < 1.29 is 13.2 Å². The van der Waals surface area contributed by atoms with E-state index in [0.717, 1.165) is 28.5 Å². The second kappa shape index (κ2) is 8.89. The van der Waals surface area contributed by atoms with Crippen molar-refractivity contribution in [1.29, 1.82) is 0 Å². The lowest BCUT2D eigenvalue weighted by Crippen LogP contribution is -2.05. The van der Waals surface area contributed by atoms with Crippen LogP contribution in [0.15, 0.2) is 67.0 Å². The molecule has 36 heavy (non-hydrogen) atoms. The Balaban J connectivity index is 1.56. The molecule has 9 heteroatoms. The molecule has 2 heterocycles. The maximum absolute atomic E-state index is 13.1. The lowest BCUT2D eigenvalue weighted by atomic mass is 10.0. The first-order chi connectivity index (χ1) is 17.2. The van der Waals surface area contributed by atoms with Crippen molar-refractivity contribution in [3.8, 4) is 11.8 Å². The van der Waals surface area contributed by atoms with Gasteiger partial charge in [-0.1, -0.05) is 36.3 Å². The van der Waals surface area contributed by atoms with Crippen molar-refractivity contribution in [2.24, 2.45) is 0 Å². The van der Waals surface area contributed by atoms with E-state index in [4.69, 9.17) is 5.73 Å². The zero-order valence-electron chi connectivity index (χ0n) is 19.4. The summed E-state index contributed by atoms with van der Waals surface area (Å²) in [5.74, 6) is 6.61. The van der Waals surface area contributed by atoms with Crippen LogP contribution < -0.4 is 11.1 Å². The Labute approximate surface area is 205 Å². The summed E-state index contributed by atoms with van der Waals surface area (Å²) < 4.78 is 41.2. The number of nitrogens with two attached hydrogens (primary N) is 1. The third kappa shape index (κ3) is 4.29. The summed E-state index contributed by atoms with van der Waals surface area (Å²) in [5.41, 5.74) is 8.24. The molecule has 0 saturated carbocycles. The Bertz CT molecular complexity index is 1660. The zero-order valence-corrected chi connectivity index (χ0v) is 19.4. The highest BCUT2D eigenvalue weighted by Crippen LogP contribution is 2.33. The van der Waals surface area contributed by atoms with E-state index < -0.39 is 11.7 Å². The monoisotopic (exact) mass is 486 g/mol. The van der Waals surface area contributed by atoms with E-state index >= 15 is 0 Å². The molecule has 5 rings (SSSR count). The molecule has 0 unspecified atom stereocenters. The van der Waals surface area contributed by atoms with E-state index in [0.29, 0.717) is 33.9 Å². The molecular formula is C27H21F3N6. The van der Waals surface area contributed by atoms with Gasteiger partial charge in [-0.25, -0.2) is 14.6 Å². The van der Waals surface area contributed by atoms with Crippen molar-refractivity contribution >= 4 is 39.0 Å². The lowest BCUT2D eigenvalue weighted by molar-refractivity contribution is -0.137. The highest BCUT2D eigenvalue weighted by atomic mass is 19.4. The molecular weight excluding hydrogens is 465 g/mol. The molecule has 6 nitrogen and oxygen atoms in total. The highest BCUT2D eigenvalue weighted by molar-refractivity contribution is 5.99. The Morgan fingerprint density at radius 3 is 2.47 bits per heavy atom. The van der Waals surface area contributed by atoms with Gasteiger partial charge in [-0.05, 0) is 55.5 Å². The minimum atomic E-state index is -4.42. The van der Waals surface area contributed by atoms with Crippen molar-refractivity contribution in [2.75, 3.05) is 11.1 Å². The van der Waals surface area contributed by atoms with Crippen LogP contribution in [0.2, 0.25) is 0 Å². The van der Waals surface area contributed by atoms with E-state index in [1.54, 1.807) is 10.7 Å². The fourth-order valence-corrected chi connectivity index (χ4v) is 4.03. The van der Waals surface area contributed by atoms with Gasteiger partial charge in [0.1, 0.15) is 17.8 Å². The molecule has 2 aromatic heterocycles. The van der Waals surface area contributed by atoms with Crippen molar-refractivity contribution in [2.45, 2.75) is 26.1 Å². The number of nitrogen functional groups attached to an aromatic ring is 1. The number of halogens is 3. The van der Waals surface area contributed by atoms with Gasteiger partial charge in [-0.2, -0.15) is 18.3 Å². The van der Waals surface area contributed by atoms with Gasteiger partial charge in [0.15, 0.2) is 5.65 Å². The molecule has 0 aliphatic rings. The third-order valence-electron chi connectivity index (χ3n) is 5.71. The quantitative estimate of drug-likeness (QED) is 0.292. The summed E-state index contributed by atoms with van der Waals surface area (Å²) in [6, 6.07) is 16.4. The average Bonchev–Trinajstić information content (AvgIpc) is 3.23. The van der Waals surface area contributed by atoms with Crippen LogP contribution in [0.5, 0.6) is 0 Å². The number of nitrogens with zero attached hydrogens (tertiary/aromatic N) is 4. The van der Waals surface area contributed by atoms with Crippen LogP contribution >= 0.6 is 0 Å². The summed E-state index contributed by atoms with van der Waals surface area (Å²) in [6.45, 7) is 3.98. The van der Waals surface area contributed by atoms with Gasteiger partial charge < -0.3 is 11.1 Å². The summed E-state index contributed by atoms with van der Waals surface area (Å²) in [6.07, 6.45) is -3.01. The Morgan fingerprint density at radius 1 is 0.944 bits per heavy atom.